The third-order valence-electron chi connectivity index (χ3n) is 3.83. The Hall–Kier alpha value is -1.73. The van der Waals surface area contributed by atoms with Crippen molar-refractivity contribution >= 4 is 19.5 Å². The molecule has 0 aromatic heterocycles. The third kappa shape index (κ3) is 8.52. The summed E-state index contributed by atoms with van der Waals surface area (Å²) >= 11 is 0. The predicted octanol–water partition coefficient (Wildman–Crippen LogP) is 3.57. The van der Waals surface area contributed by atoms with E-state index in [2.05, 4.69) is 0 Å². The van der Waals surface area contributed by atoms with Crippen molar-refractivity contribution in [1.29, 1.82) is 0 Å². The van der Waals surface area contributed by atoms with Crippen LogP contribution in [-0.4, -0.2) is 40.7 Å². The molecule has 28 heavy (non-hydrogen) atoms. The molecule has 0 aliphatic rings. The van der Waals surface area contributed by atoms with Gasteiger partial charge in [0.05, 0.1) is 6.61 Å². The number of rotatable bonds is 13. The number of carboxylic acid groups (broad SMARTS) is 1. The van der Waals surface area contributed by atoms with Crippen LogP contribution in [0.1, 0.15) is 45.6 Å². The summed E-state index contributed by atoms with van der Waals surface area (Å²) in [6.07, 6.45) is 0.770. The van der Waals surface area contributed by atoms with Gasteiger partial charge in [-0.15, -0.1) is 0 Å². The number of aliphatic carboxylic acids is 1. The van der Waals surface area contributed by atoms with Crippen LogP contribution in [0.5, 0.6) is 0 Å². The van der Waals surface area contributed by atoms with Crippen LogP contribution < -0.4 is 0 Å². The summed E-state index contributed by atoms with van der Waals surface area (Å²) in [4.78, 5) is 33.0. The first kappa shape index (κ1) is 24.3. The number of aryl methyl sites for hydroxylation is 1. The van der Waals surface area contributed by atoms with E-state index < -0.39 is 37.6 Å². The molecular weight excluding hydrogens is 387 g/mol. The van der Waals surface area contributed by atoms with Gasteiger partial charge in [-0.25, -0.2) is 4.79 Å². The number of hydrogen-bond donors (Lipinski definition) is 2. The second-order valence-electron chi connectivity index (χ2n) is 6.62. The topological polar surface area (TPSA) is 119 Å². The van der Waals surface area contributed by atoms with E-state index in [1.807, 2.05) is 30.3 Å². The molecule has 0 amide bonds. The van der Waals surface area contributed by atoms with Gasteiger partial charge in [-0.2, -0.15) is 0 Å². The minimum absolute atomic E-state index is 0.0685. The zero-order valence-electron chi connectivity index (χ0n) is 16.4. The fraction of sp³-hybridized carbons (Fsp3) is 0.579. The Morgan fingerprint density at radius 3 is 2.32 bits per heavy atom. The van der Waals surface area contributed by atoms with Crippen molar-refractivity contribution in [2.45, 2.75) is 58.6 Å². The molecule has 0 aliphatic carbocycles. The lowest BCUT2D eigenvalue weighted by molar-refractivity contribution is -0.200. The number of ether oxygens (including phenoxy) is 2. The monoisotopic (exact) mass is 416 g/mol. The van der Waals surface area contributed by atoms with Gasteiger partial charge >= 0.3 is 19.5 Å². The van der Waals surface area contributed by atoms with Crippen molar-refractivity contribution in [1.82, 2.24) is 0 Å². The van der Waals surface area contributed by atoms with Gasteiger partial charge in [0.15, 0.2) is 0 Å². The molecule has 0 radical (unpaired) electrons. The molecule has 1 aromatic carbocycles. The summed E-state index contributed by atoms with van der Waals surface area (Å²) in [5, 5.41) is 9.30. The molecule has 0 bridgehead atoms. The fourth-order valence-electron chi connectivity index (χ4n) is 2.27. The van der Waals surface area contributed by atoms with Crippen LogP contribution >= 0.6 is 7.60 Å². The SMILES string of the molecule is CCC(=O)O[C@@H](O[C@@H](C(=O)O)P(=O)(O)OCCCCc1ccccc1)C(C)C. The predicted molar refractivity (Wildman–Crippen MR) is 103 cm³/mol. The molecule has 0 saturated heterocycles. The molecule has 0 fully saturated rings. The Morgan fingerprint density at radius 1 is 1.14 bits per heavy atom. The molecule has 2 N–H and O–H groups in total. The van der Waals surface area contributed by atoms with E-state index in [4.69, 9.17) is 14.0 Å². The summed E-state index contributed by atoms with van der Waals surface area (Å²) in [6.45, 7) is 4.76. The number of carbonyl (C=O) groups excluding carboxylic acids is 1. The van der Waals surface area contributed by atoms with Crippen LogP contribution in [0.4, 0.5) is 0 Å². The van der Waals surface area contributed by atoms with Gasteiger partial charge in [0.2, 0.25) is 6.29 Å². The van der Waals surface area contributed by atoms with Gasteiger partial charge in [-0.1, -0.05) is 51.1 Å². The van der Waals surface area contributed by atoms with Crippen LogP contribution in [0.3, 0.4) is 0 Å². The standard InChI is InChI=1S/C19H29O8P/c1-4-16(20)26-18(14(2)3)27-19(17(21)22)28(23,24)25-13-9-8-12-15-10-6-5-7-11-15/h5-7,10-11,14,18-19H,4,8-9,12-13H2,1-3H3,(H,21,22)(H,23,24)/t18-,19+/m0/s1. The van der Waals surface area contributed by atoms with E-state index in [1.54, 1.807) is 20.8 Å². The maximum absolute atomic E-state index is 12.4. The van der Waals surface area contributed by atoms with E-state index in [1.165, 1.54) is 0 Å². The van der Waals surface area contributed by atoms with Crippen molar-refractivity contribution in [2.75, 3.05) is 6.61 Å². The maximum atomic E-state index is 12.4. The number of hydrogen-bond acceptors (Lipinski definition) is 6. The Balaban J connectivity index is 2.59. The molecule has 8 nitrogen and oxygen atoms in total. The quantitative estimate of drug-likeness (QED) is 0.217. The minimum Gasteiger partial charge on any atom is -0.479 e. The lowest BCUT2D eigenvalue weighted by Gasteiger charge is -2.27. The van der Waals surface area contributed by atoms with Crippen LogP contribution in [0.25, 0.3) is 0 Å². The Labute approximate surface area is 165 Å². The van der Waals surface area contributed by atoms with Crippen molar-refractivity contribution < 1.29 is 38.2 Å². The summed E-state index contributed by atoms with van der Waals surface area (Å²) in [5.74, 6) is -4.81. The molecule has 0 saturated carbocycles. The largest absolute Gasteiger partial charge is 0.479 e. The second kappa shape index (κ2) is 12.0. The van der Waals surface area contributed by atoms with Crippen LogP contribution in [-0.2, 0) is 34.6 Å². The number of unbranched alkanes of at least 4 members (excludes halogenated alkanes) is 1. The average molecular weight is 416 g/mol. The first-order chi connectivity index (χ1) is 13.2. The Morgan fingerprint density at radius 2 is 1.79 bits per heavy atom. The van der Waals surface area contributed by atoms with E-state index in [9.17, 15) is 24.2 Å². The van der Waals surface area contributed by atoms with E-state index in [0.717, 1.165) is 12.0 Å². The molecule has 0 spiro atoms. The Kier molecular flexibility index (Phi) is 10.4. The summed E-state index contributed by atoms with van der Waals surface area (Å²) in [7, 11) is -4.63. The molecule has 0 heterocycles. The highest BCUT2D eigenvalue weighted by molar-refractivity contribution is 7.54. The van der Waals surface area contributed by atoms with Crippen LogP contribution in [0, 0.1) is 5.92 Å². The van der Waals surface area contributed by atoms with Gasteiger partial charge in [0.25, 0.3) is 5.85 Å². The third-order valence-corrected chi connectivity index (χ3v) is 5.32. The lowest BCUT2D eigenvalue weighted by Crippen LogP contribution is -2.35. The highest BCUT2D eigenvalue weighted by atomic mass is 31.2. The summed E-state index contributed by atoms with van der Waals surface area (Å²) < 4.78 is 27.5. The zero-order chi connectivity index (χ0) is 21.2. The Bertz CT molecular complexity index is 661. The highest BCUT2D eigenvalue weighted by Gasteiger charge is 2.43. The molecule has 1 rings (SSSR count). The first-order valence-corrected chi connectivity index (χ1v) is 10.9. The van der Waals surface area contributed by atoms with E-state index in [-0.39, 0.29) is 13.0 Å². The smallest absolute Gasteiger partial charge is 0.368 e. The fourth-order valence-corrected chi connectivity index (χ4v) is 3.35. The minimum atomic E-state index is -4.63. The van der Waals surface area contributed by atoms with Gasteiger partial charge in [-0.3, -0.25) is 9.36 Å². The number of esters is 1. The first-order valence-electron chi connectivity index (χ1n) is 9.26. The molecule has 3 atom stereocenters. The van der Waals surface area contributed by atoms with Crippen molar-refractivity contribution in [3.63, 3.8) is 0 Å². The van der Waals surface area contributed by atoms with Crippen LogP contribution in [0.2, 0.25) is 0 Å². The van der Waals surface area contributed by atoms with E-state index in [0.29, 0.717) is 12.8 Å². The molecule has 1 aromatic rings. The highest BCUT2D eigenvalue weighted by Crippen LogP contribution is 2.49. The molecule has 1 unspecified atom stereocenters. The van der Waals surface area contributed by atoms with Gasteiger partial charge < -0.3 is 24.0 Å². The van der Waals surface area contributed by atoms with Crippen molar-refractivity contribution in [3.05, 3.63) is 35.9 Å². The molecule has 9 heteroatoms. The van der Waals surface area contributed by atoms with E-state index >= 15 is 0 Å². The molecule has 158 valence electrons. The summed E-state index contributed by atoms with van der Waals surface area (Å²) in [6, 6.07) is 9.74. The number of benzene rings is 1. The van der Waals surface area contributed by atoms with Gasteiger partial charge in [0, 0.05) is 12.3 Å². The van der Waals surface area contributed by atoms with Gasteiger partial charge in [-0.05, 0) is 24.8 Å². The van der Waals surface area contributed by atoms with Crippen LogP contribution in [0.15, 0.2) is 30.3 Å². The summed E-state index contributed by atoms with van der Waals surface area (Å²) in [5.41, 5.74) is 1.14. The van der Waals surface area contributed by atoms with Crippen molar-refractivity contribution in [3.8, 4) is 0 Å². The zero-order valence-corrected chi connectivity index (χ0v) is 17.3. The second-order valence-corrected chi connectivity index (χ2v) is 8.48. The van der Waals surface area contributed by atoms with Crippen molar-refractivity contribution in [2.24, 2.45) is 5.92 Å². The maximum Gasteiger partial charge on any atom is 0.368 e. The lowest BCUT2D eigenvalue weighted by atomic mass is 10.1. The number of carboxylic acids is 1. The molecule has 0 aliphatic heterocycles. The normalized spacial score (nSPS) is 15.6. The van der Waals surface area contributed by atoms with Gasteiger partial charge in [0.1, 0.15) is 0 Å². The molecular formula is C19H29O8P. The number of carbonyl (C=O) groups is 2. The average Bonchev–Trinajstić information content (AvgIpc) is 2.64.